The fourth-order valence-electron chi connectivity index (χ4n) is 2.23. The van der Waals surface area contributed by atoms with Gasteiger partial charge in [-0.3, -0.25) is 4.79 Å². The van der Waals surface area contributed by atoms with Gasteiger partial charge in [-0.1, -0.05) is 26.7 Å². The lowest BCUT2D eigenvalue weighted by Gasteiger charge is -2.17. The minimum Gasteiger partial charge on any atom is -0.342 e. The molecule has 0 radical (unpaired) electrons. The predicted molar refractivity (Wildman–Crippen MR) is 71.8 cm³/mol. The normalized spacial score (nSPS) is 21.1. The van der Waals surface area contributed by atoms with E-state index in [-0.39, 0.29) is 0 Å². The fourth-order valence-corrected chi connectivity index (χ4v) is 2.46. The summed E-state index contributed by atoms with van der Waals surface area (Å²) >= 11 is 4.19. The van der Waals surface area contributed by atoms with Crippen molar-refractivity contribution in [1.29, 1.82) is 0 Å². The molecular weight excluding hydrogens is 218 g/mol. The quantitative estimate of drug-likeness (QED) is 0.538. The standard InChI is InChI=1S/C13H25NOS/c1-11(2)12-9-13(15)14(10-12)7-5-3-4-6-8-16/h11-12,16H,3-10H2,1-2H3. The van der Waals surface area contributed by atoms with E-state index in [9.17, 15) is 4.79 Å². The van der Waals surface area contributed by atoms with E-state index in [1.165, 1.54) is 19.3 Å². The molecule has 0 aliphatic carbocycles. The van der Waals surface area contributed by atoms with Crippen LogP contribution in [0.3, 0.4) is 0 Å². The summed E-state index contributed by atoms with van der Waals surface area (Å²) in [5, 5.41) is 0. The molecule has 1 saturated heterocycles. The van der Waals surface area contributed by atoms with Crippen LogP contribution in [0.4, 0.5) is 0 Å². The Hall–Kier alpha value is -0.180. The lowest BCUT2D eigenvalue weighted by Crippen LogP contribution is -2.26. The lowest BCUT2D eigenvalue weighted by molar-refractivity contribution is -0.127. The van der Waals surface area contributed by atoms with Crippen LogP contribution in [0, 0.1) is 11.8 Å². The second-order valence-electron chi connectivity index (χ2n) is 5.19. The van der Waals surface area contributed by atoms with Crippen LogP contribution in [-0.4, -0.2) is 29.6 Å². The molecule has 1 aliphatic rings. The highest BCUT2D eigenvalue weighted by Crippen LogP contribution is 2.24. The highest BCUT2D eigenvalue weighted by molar-refractivity contribution is 7.80. The van der Waals surface area contributed by atoms with Crippen LogP contribution in [0.25, 0.3) is 0 Å². The summed E-state index contributed by atoms with van der Waals surface area (Å²) in [6, 6.07) is 0. The first kappa shape index (κ1) is 13.9. The number of hydrogen-bond donors (Lipinski definition) is 1. The number of likely N-dealkylation sites (tertiary alicyclic amines) is 1. The maximum Gasteiger partial charge on any atom is 0.222 e. The summed E-state index contributed by atoms with van der Waals surface area (Å²) in [5.74, 6) is 2.58. The van der Waals surface area contributed by atoms with E-state index in [1.54, 1.807) is 0 Å². The third-order valence-electron chi connectivity index (χ3n) is 3.52. The Labute approximate surface area is 105 Å². The van der Waals surface area contributed by atoms with Crippen LogP contribution in [0.1, 0.15) is 46.0 Å². The van der Waals surface area contributed by atoms with Gasteiger partial charge in [0.25, 0.3) is 0 Å². The molecule has 0 N–H and O–H groups in total. The Bertz CT molecular complexity index is 218. The SMILES string of the molecule is CC(C)C1CC(=O)N(CCCCCCS)C1. The molecule has 0 aromatic carbocycles. The molecule has 1 atom stereocenters. The monoisotopic (exact) mass is 243 g/mol. The molecule has 0 bridgehead atoms. The van der Waals surface area contributed by atoms with Gasteiger partial charge in [0.1, 0.15) is 0 Å². The Morgan fingerprint density at radius 2 is 2.00 bits per heavy atom. The van der Waals surface area contributed by atoms with Gasteiger partial charge in [0, 0.05) is 19.5 Å². The van der Waals surface area contributed by atoms with Gasteiger partial charge in [0.2, 0.25) is 5.91 Å². The number of carbonyl (C=O) groups is 1. The van der Waals surface area contributed by atoms with Gasteiger partial charge in [-0.05, 0) is 30.4 Å². The molecule has 3 heteroatoms. The number of nitrogens with zero attached hydrogens (tertiary/aromatic N) is 1. The van der Waals surface area contributed by atoms with Crippen LogP contribution in [-0.2, 0) is 4.79 Å². The van der Waals surface area contributed by atoms with Gasteiger partial charge in [-0.25, -0.2) is 0 Å². The summed E-state index contributed by atoms with van der Waals surface area (Å²) in [4.78, 5) is 13.8. The summed E-state index contributed by atoms with van der Waals surface area (Å²) in [7, 11) is 0. The highest BCUT2D eigenvalue weighted by Gasteiger charge is 2.30. The number of amides is 1. The molecule has 1 fully saturated rings. The van der Waals surface area contributed by atoms with Crippen molar-refractivity contribution in [2.24, 2.45) is 11.8 Å². The van der Waals surface area contributed by atoms with Crippen molar-refractivity contribution < 1.29 is 4.79 Å². The fraction of sp³-hybridized carbons (Fsp3) is 0.923. The second kappa shape index (κ2) is 7.21. The molecule has 1 unspecified atom stereocenters. The number of rotatable bonds is 7. The summed E-state index contributed by atoms with van der Waals surface area (Å²) in [6.07, 6.45) is 5.61. The maximum atomic E-state index is 11.7. The second-order valence-corrected chi connectivity index (χ2v) is 5.63. The van der Waals surface area contributed by atoms with Crippen molar-refractivity contribution in [3.8, 4) is 0 Å². The average Bonchev–Trinajstić information content (AvgIpc) is 2.60. The Balaban J connectivity index is 2.15. The summed E-state index contributed by atoms with van der Waals surface area (Å²) in [6.45, 7) is 6.39. The smallest absolute Gasteiger partial charge is 0.222 e. The third kappa shape index (κ3) is 4.36. The molecular formula is C13H25NOS. The van der Waals surface area contributed by atoms with Gasteiger partial charge in [-0.2, -0.15) is 12.6 Å². The molecule has 0 saturated carbocycles. The molecule has 1 heterocycles. The molecule has 1 amide bonds. The van der Waals surface area contributed by atoms with Gasteiger partial charge < -0.3 is 4.90 Å². The average molecular weight is 243 g/mol. The van der Waals surface area contributed by atoms with Gasteiger partial charge in [0.15, 0.2) is 0 Å². The first-order valence-corrected chi connectivity index (χ1v) is 7.17. The Morgan fingerprint density at radius 1 is 1.31 bits per heavy atom. The third-order valence-corrected chi connectivity index (χ3v) is 3.84. The highest BCUT2D eigenvalue weighted by atomic mass is 32.1. The Morgan fingerprint density at radius 3 is 2.56 bits per heavy atom. The van der Waals surface area contributed by atoms with E-state index in [4.69, 9.17) is 0 Å². The van der Waals surface area contributed by atoms with Gasteiger partial charge >= 0.3 is 0 Å². The lowest BCUT2D eigenvalue weighted by atomic mass is 9.95. The topological polar surface area (TPSA) is 20.3 Å². The molecule has 0 aromatic heterocycles. The number of carbonyl (C=O) groups excluding carboxylic acids is 1. The molecule has 0 aromatic rings. The first-order valence-electron chi connectivity index (χ1n) is 6.53. The van der Waals surface area contributed by atoms with Crippen molar-refractivity contribution in [2.75, 3.05) is 18.8 Å². The van der Waals surface area contributed by atoms with E-state index < -0.39 is 0 Å². The first-order chi connectivity index (χ1) is 7.65. The zero-order valence-electron chi connectivity index (χ0n) is 10.6. The van der Waals surface area contributed by atoms with Crippen molar-refractivity contribution in [3.05, 3.63) is 0 Å². The molecule has 16 heavy (non-hydrogen) atoms. The van der Waals surface area contributed by atoms with E-state index in [2.05, 4.69) is 31.4 Å². The number of hydrogen-bond acceptors (Lipinski definition) is 2. The zero-order valence-corrected chi connectivity index (χ0v) is 11.5. The van der Waals surface area contributed by atoms with Crippen molar-refractivity contribution in [3.63, 3.8) is 0 Å². The predicted octanol–water partition coefficient (Wildman–Crippen LogP) is 2.98. The van der Waals surface area contributed by atoms with E-state index in [0.29, 0.717) is 17.7 Å². The molecule has 94 valence electrons. The number of unbranched alkanes of at least 4 members (excludes halogenated alkanes) is 3. The van der Waals surface area contributed by atoms with E-state index in [1.807, 2.05) is 0 Å². The molecule has 1 aliphatic heterocycles. The van der Waals surface area contributed by atoms with Crippen LogP contribution < -0.4 is 0 Å². The summed E-state index contributed by atoms with van der Waals surface area (Å²) < 4.78 is 0. The van der Waals surface area contributed by atoms with Crippen LogP contribution >= 0.6 is 12.6 Å². The summed E-state index contributed by atoms with van der Waals surface area (Å²) in [5.41, 5.74) is 0. The minimum absolute atomic E-state index is 0.368. The molecule has 2 nitrogen and oxygen atoms in total. The van der Waals surface area contributed by atoms with Gasteiger partial charge in [0.05, 0.1) is 0 Å². The van der Waals surface area contributed by atoms with Crippen molar-refractivity contribution in [2.45, 2.75) is 46.0 Å². The zero-order chi connectivity index (χ0) is 12.0. The minimum atomic E-state index is 0.368. The maximum absolute atomic E-state index is 11.7. The molecule has 0 spiro atoms. The molecule has 1 rings (SSSR count). The van der Waals surface area contributed by atoms with Crippen LogP contribution in [0.5, 0.6) is 0 Å². The van der Waals surface area contributed by atoms with Crippen LogP contribution in [0.15, 0.2) is 0 Å². The largest absolute Gasteiger partial charge is 0.342 e. The van der Waals surface area contributed by atoms with Crippen LogP contribution in [0.2, 0.25) is 0 Å². The van der Waals surface area contributed by atoms with Crippen molar-refractivity contribution >= 4 is 18.5 Å². The Kier molecular flexibility index (Phi) is 6.25. The van der Waals surface area contributed by atoms with Crippen molar-refractivity contribution in [1.82, 2.24) is 4.90 Å². The number of thiol groups is 1. The van der Waals surface area contributed by atoms with E-state index in [0.717, 1.165) is 31.7 Å². The van der Waals surface area contributed by atoms with Gasteiger partial charge in [-0.15, -0.1) is 0 Å². The van der Waals surface area contributed by atoms with E-state index >= 15 is 0 Å².